The quantitative estimate of drug-likeness (QED) is 0.752. The number of amides is 1. The summed E-state index contributed by atoms with van der Waals surface area (Å²) in [6.45, 7) is 12.5. The van der Waals surface area contributed by atoms with E-state index in [1.807, 2.05) is 23.1 Å². The van der Waals surface area contributed by atoms with Gasteiger partial charge in [0.05, 0.1) is 0 Å². The number of anilines is 1. The summed E-state index contributed by atoms with van der Waals surface area (Å²) in [5.41, 5.74) is 2.40. The average molecular weight is 423 g/mol. The van der Waals surface area contributed by atoms with E-state index in [0.29, 0.717) is 19.0 Å². The van der Waals surface area contributed by atoms with Crippen LogP contribution in [0.4, 0.5) is 5.69 Å². The Morgan fingerprint density at radius 1 is 1.29 bits per heavy atom. The fourth-order valence-corrected chi connectivity index (χ4v) is 4.99. The second-order valence-corrected chi connectivity index (χ2v) is 9.43. The number of hydrogen-bond acceptors (Lipinski definition) is 3. The zero-order valence-electron chi connectivity index (χ0n) is 17.3. The van der Waals surface area contributed by atoms with Gasteiger partial charge in [-0.25, -0.2) is 0 Å². The molecule has 0 aliphatic carbocycles. The van der Waals surface area contributed by atoms with Crippen molar-refractivity contribution in [2.24, 2.45) is 0 Å². The average Bonchev–Trinajstić information content (AvgIpc) is 2.62. The number of halogens is 1. The van der Waals surface area contributed by atoms with Crippen LogP contribution in [-0.4, -0.2) is 65.1 Å². The molecule has 3 rings (SSSR count). The van der Waals surface area contributed by atoms with Gasteiger partial charge in [-0.1, -0.05) is 17.7 Å². The zero-order valence-corrected chi connectivity index (χ0v) is 18.9. The Kier molecular flexibility index (Phi) is 6.40. The summed E-state index contributed by atoms with van der Waals surface area (Å²) in [5.74, 6) is 0.210. The number of nitrogens with zero attached hydrogens (tertiary/aromatic N) is 3. The lowest BCUT2D eigenvalue weighted by molar-refractivity contribution is -0.131. The molecule has 2 aliphatic rings. The highest BCUT2D eigenvalue weighted by molar-refractivity contribution is 7.80. The van der Waals surface area contributed by atoms with Crippen molar-refractivity contribution in [1.29, 1.82) is 0 Å². The molecule has 1 N–H and O–H groups in total. The van der Waals surface area contributed by atoms with Gasteiger partial charge in [-0.3, -0.25) is 4.79 Å². The molecule has 1 atom stereocenters. The molecular weight excluding hydrogens is 392 g/mol. The smallest absolute Gasteiger partial charge is 0.224 e. The fourth-order valence-electron chi connectivity index (χ4n) is 4.28. The van der Waals surface area contributed by atoms with E-state index in [1.54, 1.807) is 0 Å². The number of nitrogens with one attached hydrogen (secondary N) is 1. The van der Waals surface area contributed by atoms with Crippen LogP contribution in [0.2, 0.25) is 5.02 Å². The van der Waals surface area contributed by atoms with Crippen LogP contribution in [0.15, 0.2) is 18.2 Å². The lowest BCUT2D eigenvalue weighted by atomic mass is 9.93. The topological polar surface area (TPSA) is 38.8 Å². The first-order valence-corrected chi connectivity index (χ1v) is 10.8. The predicted octanol–water partition coefficient (Wildman–Crippen LogP) is 3.43. The summed E-state index contributed by atoms with van der Waals surface area (Å²) in [6, 6.07) is 6.33. The molecule has 2 saturated heterocycles. The van der Waals surface area contributed by atoms with Crippen molar-refractivity contribution in [2.75, 3.05) is 37.6 Å². The molecule has 154 valence electrons. The minimum Gasteiger partial charge on any atom is -0.368 e. The van der Waals surface area contributed by atoms with Crippen molar-refractivity contribution in [1.82, 2.24) is 15.1 Å². The normalized spacial score (nSPS) is 22.2. The highest BCUT2D eigenvalue weighted by Gasteiger charge is 2.33. The van der Waals surface area contributed by atoms with Gasteiger partial charge in [0.1, 0.15) is 0 Å². The maximum atomic E-state index is 12.7. The van der Waals surface area contributed by atoms with E-state index in [0.717, 1.165) is 42.7 Å². The van der Waals surface area contributed by atoms with Crippen molar-refractivity contribution >= 4 is 40.5 Å². The van der Waals surface area contributed by atoms with Gasteiger partial charge in [0.25, 0.3) is 0 Å². The van der Waals surface area contributed by atoms with Crippen LogP contribution in [0.3, 0.4) is 0 Å². The van der Waals surface area contributed by atoms with Crippen LogP contribution in [0, 0.1) is 6.92 Å². The number of carbonyl (C=O) groups excluding carboxylic acids is 1. The van der Waals surface area contributed by atoms with E-state index in [1.165, 1.54) is 11.3 Å². The largest absolute Gasteiger partial charge is 0.368 e. The van der Waals surface area contributed by atoms with Gasteiger partial charge in [0.15, 0.2) is 5.11 Å². The molecule has 0 saturated carbocycles. The molecule has 0 bridgehead atoms. The highest BCUT2D eigenvalue weighted by Crippen LogP contribution is 2.26. The minimum atomic E-state index is 0.0196. The number of rotatable bonds is 4. The Bertz CT molecular complexity index is 746. The SMILES string of the molecule is Cc1ccc(Cl)cc1N1CCN(C(=O)CCN2C(=S)NC(C)(C)C[C@H]2C)CC1. The maximum absolute atomic E-state index is 12.7. The molecule has 0 spiro atoms. The zero-order chi connectivity index (χ0) is 20.5. The van der Waals surface area contributed by atoms with Gasteiger partial charge in [-0.2, -0.15) is 0 Å². The molecule has 5 nitrogen and oxygen atoms in total. The number of thiocarbonyl (C=S) groups is 1. The first-order chi connectivity index (χ1) is 13.2. The van der Waals surface area contributed by atoms with Crippen molar-refractivity contribution in [3.05, 3.63) is 28.8 Å². The van der Waals surface area contributed by atoms with Crippen molar-refractivity contribution in [3.63, 3.8) is 0 Å². The molecule has 28 heavy (non-hydrogen) atoms. The number of hydrogen-bond donors (Lipinski definition) is 1. The fraction of sp³-hybridized carbons (Fsp3) is 0.619. The summed E-state index contributed by atoms with van der Waals surface area (Å²) in [7, 11) is 0. The van der Waals surface area contributed by atoms with E-state index in [2.05, 4.69) is 42.8 Å². The molecule has 7 heteroatoms. The maximum Gasteiger partial charge on any atom is 0.224 e. The van der Waals surface area contributed by atoms with Gasteiger partial charge in [-0.15, -0.1) is 0 Å². The van der Waals surface area contributed by atoms with Crippen molar-refractivity contribution < 1.29 is 4.79 Å². The lowest BCUT2D eigenvalue weighted by Crippen LogP contribution is -2.60. The number of piperazine rings is 1. The highest BCUT2D eigenvalue weighted by atomic mass is 35.5. The standard InChI is InChI=1S/C21H31ClN4OS/c1-15-5-6-17(22)13-18(15)24-9-11-25(12-10-24)19(27)7-8-26-16(2)14-21(3,4)23-20(26)28/h5-6,13,16H,7-12,14H2,1-4H3,(H,23,28)/t16-/m1/s1. The summed E-state index contributed by atoms with van der Waals surface area (Å²) in [6.07, 6.45) is 1.52. The third-order valence-corrected chi connectivity index (χ3v) is 6.33. The molecule has 2 fully saturated rings. The van der Waals surface area contributed by atoms with Gasteiger partial charge in [-0.05, 0) is 64.0 Å². The van der Waals surface area contributed by atoms with Crippen molar-refractivity contribution in [2.45, 2.75) is 52.1 Å². The predicted molar refractivity (Wildman–Crippen MR) is 120 cm³/mol. The second-order valence-electron chi connectivity index (χ2n) is 8.61. The van der Waals surface area contributed by atoms with E-state index in [-0.39, 0.29) is 11.4 Å². The molecule has 1 aromatic carbocycles. The van der Waals surface area contributed by atoms with Crippen LogP contribution < -0.4 is 10.2 Å². The third kappa shape index (κ3) is 4.90. The Labute approximate surface area is 179 Å². The molecule has 0 radical (unpaired) electrons. The minimum absolute atomic E-state index is 0.0196. The molecule has 1 amide bonds. The molecular formula is C21H31ClN4OS. The van der Waals surface area contributed by atoms with Gasteiger partial charge >= 0.3 is 0 Å². The molecule has 2 heterocycles. The Balaban J connectivity index is 1.50. The summed E-state index contributed by atoms with van der Waals surface area (Å²) in [4.78, 5) is 19.2. The third-order valence-electron chi connectivity index (χ3n) is 5.75. The van der Waals surface area contributed by atoms with Crippen LogP contribution in [-0.2, 0) is 4.79 Å². The summed E-state index contributed by atoms with van der Waals surface area (Å²) in [5, 5.41) is 4.90. The van der Waals surface area contributed by atoms with Crippen LogP contribution in [0.5, 0.6) is 0 Å². The monoisotopic (exact) mass is 422 g/mol. The van der Waals surface area contributed by atoms with Gasteiger partial charge in [0.2, 0.25) is 5.91 Å². The van der Waals surface area contributed by atoms with E-state index in [4.69, 9.17) is 23.8 Å². The first-order valence-electron chi connectivity index (χ1n) is 10.0. The van der Waals surface area contributed by atoms with Crippen molar-refractivity contribution in [3.8, 4) is 0 Å². The Morgan fingerprint density at radius 3 is 2.61 bits per heavy atom. The number of carbonyl (C=O) groups is 1. The summed E-state index contributed by atoms with van der Waals surface area (Å²) >= 11 is 11.7. The van der Waals surface area contributed by atoms with E-state index in [9.17, 15) is 4.79 Å². The first kappa shape index (κ1) is 21.2. The van der Waals surface area contributed by atoms with Crippen LogP contribution in [0.25, 0.3) is 0 Å². The molecule has 2 aliphatic heterocycles. The second kappa shape index (κ2) is 8.46. The molecule has 0 unspecified atom stereocenters. The van der Waals surface area contributed by atoms with E-state index < -0.39 is 0 Å². The van der Waals surface area contributed by atoms with Crippen LogP contribution in [0.1, 0.15) is 39.2 Å². The Morgan fingerprint density at radius 2 is 1.96 bits per heavy atom. The van der Waals surface area contributed by atoms with E-state index >= 15 is 0 Å². The Hall–Kier alpha value is -1.53. The lowest BCUT2D eigenvalue weighted by Gasteiger charge is -2.45. The van der Waals surface area contributed by atoms with Crippen LogP contribution >= 0.6 is 23.8 Å². The summed E-state index contributed by atoms with van der Waals surface area (Å²) < 4.78 is 0. The number of aryl methyl sites for hydroxylation is 1. The van der Waals surface area contributed by atoms with Gasteiger partial charge < -0.3 is 20.0 Å². The van der Waals surface area contributed by atoms with Gasteiger partial charge in [0, 0.05) is 61.4 Å². The molecule has 1 aromatic rings. The number of benzene rings is 1. The molecule has 0 aromatic heterocycles.